The van der Waals surface area contributed by atoms with Crippen molar-refractivity contribution in [1.82, 2.24) is 4.57 Å². The SMILES string of the molecule is C=C(/C=C(\C)c1cc(=O)c(C(C)=O)cn1CCC)c1c(C)cccc1F. The summed E-state index contributed by atoms with van der Waals surface area (Å²) in [6.45, 7) is 11.8. The second-order valence-electron chi connectivity index (χ2n) is 6.47. The van der Waals surface area contributed by atoms with Crippen molar-refractivity contribution in [3.05, 3.63) is 81.5 Å². The van der Waals surface area contributed by atoms with Crippen LogP contribution in [-0.4, -0.2) is 10.4 Å². The molecule has 0 N–H and O–H groups in total. The molecule has 0 spiro atoms. The van der Waals surface area contributed by atoms with Gasteiger partial charge in [-0.15, -0.1) is 0 Å². The molecule has 0 aliphatic carbocycles. The van der Waals surface area contributed by atoms with Gasteiger partial charge in [0.25, 0.3) is 0 Å². The van der Waals surface area contributed by atoms with Crippen LogP contribution < -0.4 is 5.43 Å². The Bertz CT molecular complexity index is 931. The second-order valence-corrected chi connectivity index (χ2v) is 6.47. The summed E-state index contributed by atoms with van der Waals surface area (Å²) in [5.41, 5.74) is 3.19. The lowest BCUT2D eigenvalue weighted by molar-refractivity contribution is 0.101. The molecular weight excluding hydrogens is 329 g/mol. The molecule has 0 radical (unpaired) electrons. The average Bonchev–Trinajstić information content (AvgIpc) is 2.55. The Morgan fingerprint density at radius 2 is 2.00 bits per heavy atom. The predicted molar refractivity (Wildman–Crippen MR) is 105 cm³/mol. The molecule has 1 aromatic heterocycles. The Morgan fingerprint density at radius 3 is 2.58 bits per heavy atom. The molecular formula is C22H24FNO2. The zero-order valence-corrected chi connectivity index (χ0v) is 15.7. The van der Waals surface area contributed by atoms with Crippen LogP contribution in [0, 0.1) is 12.7 Å². The minimum atomic E-state index is -0.322. The highest BCUT2D eigenvalue weighted by Crippen LogP contribution is 2.25. The van der Waals surface area contributed by atoms with Gasteiger partial charge in [-0.05, 0) is 56.0 Å². The molecule has 136 valence electrons. The van der Waals surface area contributed by atoms with Gasteiger partial charge in [0.2, 0.25) is 0 Å². The van der Waals surface area contributed by atoms with E-state index in [-0.39, 0.29) is 22.6 Å². The monoisotopic (exact) mass is 353 g/mol. The number of nitrogens with zero attached hydrogens (tertiary/aromatic N) is 1. The zero-order valence-electron chi connectivity index (χ0n) is 15.7. The van der Waals surface area contributed by atoms with Crippen LogP contribution in [0.1, 0.15) is 54.4 Å². The van der Waals surface area contributed by atoms with Crippen LogP contribution >= 0.6 is 0 Å². The van der Waals surface area contributed by atoms with Gasteiger partial charge in [0.05, 0.1) is 5.56 Å². The van der Waals surface area contributed by atoms with Crippen molar-refractivity contribution in [3.63, 3.8) is 0 Å². The maximum absolute atomic E-state index is 14.2. The van der Waals surface area contributed by atoms with Crippen LogP contribution in [0.4, 0.5) is 4.39 Å². The molecule has 0 saturated heterocycles. The first kappa shape index (κ1) is 19.6. The lowest BCUT2D eigenvalue weighted by atomic mass is 9.98. The van der Waals surface area contributed by atoms with E-state index in [0.717, 1.165) is 17.6 Å². The van der Waals surface area contributed by atoms with Crippen molar-refractivity contribution >= 4 is 16.9 Å². The lowest BCUT2D eigenvalue weighted by Gasteiger charge is -2.15. The van der Waals surface area contributed by atoms with E-state index in [4.69, 9.17) is 0 Å². The summed E-state index contributed by atoms with van der Waals surface area (Å²) in [6, 6.07) is 6.38. The van der Waals surface area contributed by atoms with Gasteiger partial charge in [0.15, 0.2) is 11.2 Å². The smallest absolute Gasteiger partial charge is 0.192 e. The van der Waals surface area contributed by atoms with Crippen molar-refractivity contribution in [2.45, 2.75) is 40.7 Å². The highest BCUT2D eigenvalue weighted by Gasteiger charge is 2.13. The van der Waals surface area contributed by atoms with Crippen LogP contribution in [0.15, 0.2) is 47.9 Å². The van der Waals surface area contributed by atoms with E-state index in [1.165, 1.54) is 19.1 Å². The first-order valence-corrected chi connectivity index (χ1v) is 8.64. The van der Waals surface area contributed by atoms with Crippen LogP contribution in [-0.2, 0) is 6.54 Å². The Kier molecular flexibility index (Phi) is 6.09. The van der Waals surface area contributed by atoms with E-state index in [0.29, 0.717) is 23.4 Å². The zero-order chi connectivity index (χ0) is 19.4. The molecule has 26 heavy (non-hydrogen) atoms. The Balaban J connectivity index is 2.54. The van der Waals surface area contributed by atoms with Crippen molar-refractivity contribution in [1.29, 1.82) is 0 Å². The molecule has 2 rings (SSSR count). The lowest BCUT2D eigenvalue weighted by Crippen LogP contribution is -2.18. The summed E-state index contributed by atoms with van der Waals surface area (Å²) in [5.74, 6) is -0.573. The van der Waals surface area contributed by atoms with E-state index >= 15 is 0 Å². The summed E-state index contributed by atoms with van der Waals surface area (Å²) in [5, 5.41) is 0. The van der Waals surface area contributed by atoms with Gasteiger partial charge in [0, 0.05) is 30.1 Å². The molecule has 0 fully saturated rings. The van der Waals surface area contributed by atoms with Crippen LogP contribution in [0.2, 0.25) is 0 Å². The largest absolute Gasteiger partial charge is 0.347 e. The number of hydrogen-bond acceptors (Lipinski definition) is 2. The number of ketones is 1. The van der Waals surface area contributed by atoms with Crippen molar-refractivity contribution in [3.8, 4) is 0 Å². The number of Topliss-reactive ketones (excluding diaryl/α,β-unsaturated/α-hetero) is 1. The Morgan fingerprint density at radius 1 is 1.31 bits per heavy atom. The molecule has 4 heteroatoms. The first-order valence-electron chi connectivity index (χ1n) is 8.64. The van der Waals surface area contributed by atoms with Gasteiger partial charge >= 0.3 is 0 Å². The number of benzene rings is 1. The number of carbonyl (C=O) groups excluding carboxylic acids is 1. The molecule has 1 aromatic carbocycles. The molecule has 3 nitrogen and oxygen atoms in total. The van der Waals surface area contributed by atoms with Gasteiger partial charge in [-0.3, -0.25) is 9.59 Å². The Labute approximate surface area is 153 Å². The molecule has 0 saturated carbocycles. The summed E-state index contributed by atoms with van der Waals surface area (Å²) in [7, 11) is 0. The number of hydrogen-bond donors (Lipinski definition) is 0. The molecule has 0 aliphatic heterocycles. The third-order valence-corrected chi connectivity index (χ3v) is 4.31. The van der Waals surface area contributed by atoms with Gasteiger partial charge in [-0.1, -0.05) is 25.6 Å². The summed E-state index contributed by atoms with van der Waals surface area (Å²) in [6.07, 6.45) is 4.24. The maximum Gasteiger partial charge on any atom is 0.192 e. The van der Waals surface area contributed by atoms with Crippen LogP contribution in [0.25, 0.3) is 11.1 Å². The number of halogens is 1. The molecule has 0 bridgehead atoms. The van der Waals surface area contributed by atoms with E-state index in [2.05, 4.69) is 6.58 Å². The fourth-order valence-corrected chi connectivity index (χ4v) is 3.05. The number of allylic oxidation sites excluding steroid dienone is 3. The highest BCUT2D eigenvalue weighted by molar-refractivity contribution is 5.94. The van der Waals surface area contributed by atoms with Crippen molar-refractivity contribution in [2.75, 3.05) is 0 Å². The average molecular weight is 353 g/mol. The molecule has 0 amide bonds. The Hall–Kier alpha value is -2.75. The number of pyridine rings is 1. The van der Waals surface area contributed by atoms with Crippen molar-refractivity contribution < 1.29 is 9.18 Å². The van der Waals surface area contributed by atoms with Crippen LogP contribution in [0.3, 0.4) is 0 Å². The first-order chi connectivity index (χ1) is 12.3. The fourth-order valence-electron chi connectivity index (χ4n) is 3.05. The highest BCUT2D eigenvalue weighted by atomic mass is 19.1. The van der Waals surface area contributed by atoms with Gasteiger partial charge in [-0.25, -0.2) is 4.39 Å². The van der Waals surface area contributed by atoms with E-state index < -0.39 is 0 Å². The van der Waals surface area contributed by atoms with Crippen molar-refractivity contribution in [2.24, 2.45) is 0 Å². The summed E-state index contributed by atoms with van der Waals surface area (Å²) < 4.78 is 16.1. The van der Waals surface area contributed by atoms with E-state index in [1.54, 1.807) is 18.3 Å². The van der Waals surface area contributed by atoms with E-state index in [1.807, 2.05) is 31.4 Å². The minimum Gasteiger partial charge on any atom is -0.347 e. The number of aryl methyl sites for hydroxylation is 2. The molecule has 0 aliphatic rings. The summed E-state index contributed by atoms with van der Waals surface area (Å²) >= 11 is 0. The molecule has 0 unspecified atom stereocenters. The van der Waals surface area contributed by atoms with Gasteiger partial charge in [-0.2, -0.15) is 0 Å². The topological polar surface area (TPSA) is 39.1 Å². The quantitative estimate of drug-likeness (QED) is 0.540. The van der Waals surface area contributed by atoms with Crippen LogP contribution in [0.5, 0.6) is 0 Å². The van der Waals surface area contributed by atoms with Gasteiger partial charge < -0.3 is 4.57 Å². The third kappa shape index (κ3) is 4.07. The number of rotatable bonds is 6. The standard InChI is InChI=1S/C22H24FNO2/c1-6-10-24-13-18(17(5)25)21(26)12-20(24)15(3)11-16(4)22-14(2)8-7-9-19(22)23/h7-9,11-13H,4,6,10H2,1-3,5H3/b15-11+. The molecule has 1 heterocycles. The second kappa shape index (κ2) is 8.09. The predicted octanol–water partition coefficient (Wildman–Crippen LogP) is 5.03. The maximum atomic E-state index is 14.2. The summed E-state index contributed by atoms with van der Waals surface area (Å²) in [4.78, 5) is 23.9. The number of carbonyl (C=O) groups is 1. The fraction of sp³-hybridized carbons (Fsp3) is 0.273. The van der Waals surface area contributed by atoms with Gasteiger partial charge in [0.1, 0.15) is 5.82 Å². The molecule has 2 aromatic rings. The normalized spacial score (nSPS) is 11.5. The third-order valence-electron chi connectivity index (χ3n) is 4.31. The minimum absolute atomic E-state index is 0.179. The number of aromatic nitrogens is 1. The van der Waals surface area contributed by atoms with E-state index in [9.17, 15) is 14.0 Å². The molecule has 0 atom stereocenters.